The molecule has 0 aliphatic rings. The largest absolute Gasteiger partial charge is 0.462 e. The molecule has 338 valence electrons. The number of allylic oxidation sites excluding steroid dienone is 12. The molecule has 0 fully saturated rings. The number of carbonyl (C=O) groups is 3. The number of rotatable bonds is 43. The van der Waals surface area contributed by atoms with E-state index in [2.05, 4.69) is 93.7 Å². The average Bonchev–Trinajstić information content (AvgIpc) is 3.23. The maximum Gasteiger partial charge on any atom is 0.306 e. The summed E-state index contributed by atoms with van der Waals surface area (Å²) >= 11 is 0. The Bertz CT molecular complexity index is 1130. The molecule has 1 atom stereocenters. The first-order valence-corrected chi connectivity index (χ1v) is 24.4. The van der Waals surface area contributed by atoms with Crippen molar-refractivity contribution in [2.75, 3.05) is 13.2 Å². The van der Waals surface area contributed by atoms with Crippen LogP contribution in [0.25, 0.3) is 0 Å². The predicted molar refractivity (Wildman–Crippen MR) is 251 cm³/mol. The van der Waals surface area contributed by atoms with E-state index in [4.69, 9.17) is 14.2 Å². The second kappa shape index (κ2) is 47.5. The zero-order valence-corrected chi connectivity index (χ0v) is 38.5. The Morgan fingerprint density at radius 2 is 0.661 bits per heavy atom. The Hall–Kier alpha value is -3.15. The molecule has 0 N–H and O–H groups in total. The van der Waals surface area contributed by atoms with Crippen molar-refractivity contribution in [2.45, 2.75) is 232 Å². The fourth-order valence-corrected chi connectivity index (χ4v) is 6.59. The van der Waals surface area contributed by atoms with Gasteiger partial charge in [-0.1, -0.05) is 196 Å². The van der Waals surface area contributed by atoms with Crippen LogP contribution in [0.1, 0.15) is 226 Å². The molecule has 0 aromatic heterocycles. The highest BCUT2D eigenvalue weighted by Crippen LogP contribution is 2.14. The van der Waals surface area contributed by atoms with Gasteiger partial charge >= 0.3 is 17.9 Å². The van der Waals surface area contributed by atoms with Crippen molar-refractivity contribution >= 4 is 17.9 Å². The standard InChI is InChI=1S/C53H90O6/c1-4-7-10-13-16-19-22-24-26-27-29-31-34-37-40-43-46-52(55)58-49-50(48-57-51(54)45-42-39-36-33-30-21-18-15-12-9-6-3)59-53(56)47-44-41-38-35-32-28-25-23-20-17-14-11-8-5-2/h7-8,10-11,16-17,19-20,24-26,28,50H,4-6,9,12-15,18,21-23,27,29-49H2,1-3H3/b10-7-,11-8-,19-16-,20-17-,26-24-,28-25-. The Balaban J connectivity index is 4.43. The topological polar surface area (TPSA) is 78.9 Å². The first kappa shape index (κ1) is 55.9. The van der Waals surface area contributed by atoms with Crippen LogP contribution in [0, 0.1) is 0 Å². The fraction of sp³-hybridized carbons (Fsp3) is 0.717. The smallest absolute Gasteiger partial charge is 0.306 e. The molecular formula is C53H90O6. The van der Waals surface area contributed by atoms with Gasteiger partial charge in [0.2, 0.25) is 0 Å². The molecule has 0 saturated heterocycles. The summed E-state index contributed by atoms with van der Waals surface area (Å²) < 4.78 is 16.7. The molecule has 59 heavy (non-hydrogen) atoms. The van der Waals surface area contributed by atoms with Gasteiger partial charge in [0.1, 0.15) is 13.2 Å². The summed E-state index contributed by atoms with van der Waals surface area (Å²) in [6.45, 7) is 6.37. The van der Waals surface area contributed by atoms with Crippen LogP contribution in [0.2, 0.25) is 0 Å². The van der Waals surface area contributed by atoms with Gasteiger partial charge in [0.15, 0.2) is 6.10 Å². The number of hydrogen-bond donors (Lipinski definition) is 0. The molecule has 0 saturated carbocycles. The molecule has 0 aromatic carbocycles. The summed E-state index contributed by atoms with van der Waals surface area (Å²) in [6, 6.07) is 0. The van der Waals surface area contributed by atoms with Crippen molar-refractivity contribution in [2.24, 2.45) is 0 Å². The van der Waals surface area contributed by atoms with Crippen LogP contribution >= 0.6 is 0 Å². The van der Waals surface area contributed by atoms with Gasteiger partial charge in [0, 0.05) is 19.3 Å². The molecule has 0 aromatic rings. The lowest BCUT2D eigenvalue weighted by molar-refractivity contribution is -0.167. The van der Waals surface area contributed by atoms with E-state index < -0.39 is 6.10 Å². The van der Waals surface area contributed by atoms with Crippen molar-refractivity contribution < 1.29 is 28.6 Å². The molecule has 6 nitrogen and oxygen atoms in total. The van der Waals surface area contributed by atoms with Gasteiger partial charge < -0.3 is 14.2 Å². The van der Waals surface area contributed by atoms with Crippen molar-refractivity contribution in [3.63, 3.8) is 0 Å². The first-order valence-electron chi connectivity index (χ1n) is 24.4. The summed E-state index contributed by atoms with van der Waals surface area (Å²) in [5.41, 5.74) is 0. The second-order valence-electron chi connectivity index (χ2n) is 16.0. The summed E-state index contributed by atoms with van der Waals surface area (Å²) in [5.74, 6) is -0.925. The molecule has 0 aliphatic heterocycles. The molecule has 0 spiro atoms. The SMILES string of the molecule is CC/C=C\C/C=C\C/C=C\CCCCCCCCC(=O)OCC(COC(=O)CCCCCCCCCCCCC)OC(=O)CCCCCC/C=C\C/C=C\C/C=C\CC. The molecule has 0 heterocycles. The molecule has 0 bridgehead atoms. The quantitative estimate of drug-likeness (QED) is 0.0264. The number of carbonyl (C=O) groups excluding carboxylic acids is 3. The van der Waals surface area contributed by atoms with Crippen molar-refractivity contribution in [3.8, 4) is 0 Å². The number of hydrogen-bond acceptors (Lipinski definition) is 6. The van der Waals surface area contributed by atoms with E-state index in [1.807, 2.05) is 0 Å². The normalized spacial score (nSPS) is 12.7. The average molecular weight is 823 g/mol. The highest BCUT2D eigenvalue weighted by atomic mass is 16.6. The zero-order chi connectivity index (χ0) is 43.0. The van der Waals surface area contributed by atoms with Crippen LogP contribution in [0.4, 0.5) is 0 Å². The molecule has 6 heteroatoms. The highest BCUT2D eigenvalue weighted by molar-refractivity contribution is 5.71. The molecular weight excluding hydrogens is 733 g/mol. The summed E-state index contributed by atoms with van der Waals surface area (Å²) in [6.07, 6.45) is 58.8. The molecule has 0 radical (unpaired) electrons. The van der Waals surface area contributed by atoms with E-state index in [0.717, 1.165) is 116 Å². The van der Waals surface area contributed by atoms with E-state index >= 15 is 0 Å². The van der Waals surface area contributed by atoms with Crippen molar-refractivity contribution in [3.05, 3.63) is 72.9 Å². The van der Waals surface area contributed by atoms with Gasteiger partial charge in [-0.3, -0.25) is 14.4 Å². The van der Waals surface area contributed by atoms with Crippen molar-refractivity contribution in [1.29, 1.82) is 0 Å². The monoisotopic (exact) mass is 823 g/mol. The van der Waals surface area contributed by atoms with Gasteiger partial charge in [0.25, 0.3) is 0 Å². The van der Waals surface area contributed by atoms with Crippen LogP contribution in [0.5, 0.6) is 0 Å². The Morgan fingerprint density at radius 3 is 1.03 bits per heavy atom. The van der Waals surface area contributed by atoms with Gasteiger partial charge in [0.05, 0.1) is 0 Å². The van der Waals surface area contributed by atoms with E-state index in [-0.39, 0.29) is 31.1 Å². The second-order valence-corrected chi connectivity index (χ2v) is 16.0. The summed E-state index contributed by atoms with van der Waals surface area (Å²) in [7, 11) is 0. The Kier molecular flexibility index (Phi) is 45.0. The third kappa shape index (κ3) is 45.8. The highest BCUT2D eigenvalue weighted by Gasteiger charge is 2.19. The van der Waals surface area contributed by atoms with Crippen LogP contribution < -0.4 is 0 Å². The third-order valence-corrected chi connectivity index (χ3v) is 10.2. The minimum atomic E-state index is -0.789. The van der Waals surface area contributed by atoms with Crippen LogP contribution in [0.3, 0.4) is 0 Å². The summed E-state index contributed by atoms with van der Waals surface area (Å²) in [4.78, 5) is 37.9. The lowest BCUT2D eigenvalue weighted by atomic mass is 10.1. The van der Waals surface area contributed by atoms with Gasteiger partial charge in [-0.25, -0.2) is 0 Å². The lowest BCUT2D eigenvalue weighted by Crippen LogP contribution is -2.30. The van der Waals surface area contributed by atoms with E-state index in [0.29, 0.717) is 19.3 Å². The molecule has 0 aliphatic carbocycles. The van der Waals surface area contributed by atoms with Gasteiger partial charge in [-0.2, -0.15) is 0 Å². The Labute approximate surface area is 363 Å². The van der Waals surface area contributed by atoms with E-state index in [1.54, 1.807) is 0 Å². The van der Waals surface area contributed by atoms with E-state index in [9.17, 15) is 14.4 Å². The minimum Gasteiger partial charge on any atom is -0.462 e. The number of unbranched alkanes of at least 4 members (excludes halogenated alkanes) is 20. The fourth-order valence-electron chi connectivity index (χ4n) is 6.59. The summed E-state index contributed by atoms with van der Waals surface area (Å²) in [5, 5.41) is 0. The molecule has 0 amide bonds. The lowest BCUT2D eigenvalue weighted by Gasteiger charge is -2.18. The van der Waals surface area contributed by atoms with Gasteiger partial charge in [-0.05, 0) is 83.5 Å². The minimum absolute atomic E-state index is 0.0879. The third-order valence-electron chi connectivity index (χ3n) is 10.2. The van der Waals surface area contributed by atoms with E-state index in [1.165, 1.54) is 70.6 Å². The molecule has 1 unspecified atom stereocenters. The maximum absolute atomic E-state index is 12.8. The van der Waals surface area contributed by atoms with Crippen LogP contribution in [-0.2, 0) is 28.6 Å². The number of ether oxygens (including phenoxy) is 3. The van der Waals surface area contributed by atoms with Gasteiger partial charge in [-0.15, -0.1) is 0 Å². The van der Waals surface area contributed by atoms with Crippen LogP contribution in [-0.4, -0.2) is 37.2 Å². The van der Waals surface area contributed by atoms with Crippen molar-refractivity contribution in [1.82, 2.24) is 0 Å². The Morgan fingerprint density at radius 1 is 0.356 bits per heavy atom. The molecule has 0 rings (SSSR count). The predicted octanol–water partition coefficient (Wildman–Crippen LogP) is 15.9. The maximum atomic E-state index is 12.8. The van der Waals surface area contributed by atoms with Crippen LogP contribution in [0.15, 0.2) is 72.9 Å². The zero-order valence-electron chi connectivity index (χ0n) is 38.5. The number of esters is 3. The first-order chi connectivity index (χ1) is 29.0.